The Hall–Kier alpha value is -1.26. The molecule has 1 aromatic carbocycles. The minimum Gasteiger partial charge on any atom is -0.506 e. The number of nitrogens with zero attached hydrogens (tertiary/aromatic N) is 2. The maximum atomic E-state index is 9.41. The first kappa shape index (κ1) is 13.2. The van der Waals surface area contributed by atoms with Crippen LogP contribution in [0.25, 0.3) is 0 Å². The summed E-state index contributed by atoms with van der Waals surface area (Å²) in [5, 5.41) is 9.41. The highest BCUT2D eigenvalue weighted by molar-refractivity contribution is 5.53. The molecule has 0 atom stereocenters. The van der Waals surface area contributed by atoms with Crippen LogP contribution in [0.1, 0.15) is 18.4 Å². The fourth-order valence-electron chi connectivity index (χ4n) is 2.56. The molecule has 4 heteroatoms. The third-order valence-corrected chi connectivity index (χ3v) is 3.84. The minimum atomic E-state index is 0.167. The Morgan fingerprint density at radius 3 is 2.67 bits per heavy atom. The van der Waals surface area contributed by atoms with Gasteiger partial charge in [-0.2, -0.15) is 0 Å². The predicted molar refractivity (Wildman–Crippen MR) is 74.5 cm³/mol. The first-order chi connectivity index (χ1) is 8.56. The second-order valence-electron chi connectivity index (χ2n) is 5.34. The predicted octanol–water partition coefficient (Wildman–Crippen LogP) is 1.50. The molecule has 1 aromatic rings. The van der Waals surface area contributed by atoms with Crippen molar-refractivity contribution in [3.8, 4) is 5.75 Å². The van der Waals surface area contributed by atoms with Gasteiger partial charge in [-0.15, -0.1) is 0 Å². The summed E-state index contributed by atoms with van der Waals surface area (Å²) in [5.41, 5.74) is 7.34. The lowest BCUT2D eigenvalue weighted by molar-refractivity contribution is 0.139. The summed E-state index contributed by atoms with van der Waals surface area (Å²) in [6, 6.07) is 6.13. The van der Waals surface area contributed by atoms with Crippen LogP contribution < -0.4 is 5.73 Å². The SMILES string of the molecule is CN1CCC(N(C)Cc2ccc(O)c(N)c2)CC1. The van der Waals surface area contributed by atoms with Crippen LogP contribution in [-0.2, 0) is 6.54 Å². The number of nitrogen functional groups attached to an aromatic ring is 1. The Bertz CT molecular complexity index is 400. The number of phenols is 1. The van der Waals surface area contributed by atoms with E-state index in [1.54, 1.807) is 6.07 Å². The van der Waals surface area contributed by atoms with Gasteiger partial charge in [0.1, 0.15) is 5.75 Å². The quantitative estimate of drug-likeness (QED) is 0.629. The maximum Gasteiger partial charge on any atom is 0.138 e. The summed E-state index contributed by atoms with van der Waals surface area (Å²) in [6.45, 7) is 3.23. The van der Waals surface area contributed by atoms with Crippen LogP contribution in [0, 0.1) is 0 Å². The first-order valence-corrected chi connectivity index (χ1v) is 6.52. The van der Waals surface area contributed by atoms with Gasteiger partial charge in [-0.25, -0.2) is 0 Å². The number of anilines is 1. The average molecular weight is 249 g/mol. The van der Waals surface area contributed by atoms with E-state index < -0.39 is 0 Å². The standard InChI is InChI=1S/C14H23N3O/c1-16-7-5-12(6-8-16)17(2)10-11-3-4-14(18)13(15)9-11/h3-4,9,12,18H,5-8,10,15H2,1-2H3. The molecule has 1 heterocycles. The number of likely N-dealkylation sites (tertiary alicyclic amines) is 1. The highest BCUT2D eigenvalue weighted by atomic mass is 16.3. The Kier molecular flexibility index (Phi) is 4.09. The van der Waals surface area contributed by atoms with Crippen molar-refractivity contribution >= 4 is 5.69 Å². The molecule has 0 spiro atoms. The van der Waals surface area contributed by atoms with Crippen LogP contribution in [0.4, 0.5) is 5.69 Å². The van der Waals surface area contributed by atoms with Crippen LogP contribution in [0.15, 0.2) is 18.2 Å². The average Bonchev–Trinajstić information content (AvgIpc) is 2.34. The van der Waals surface area contributed by atoms with E-state index in [2.05, 4.69) is 23.9 Å². The molecule has 3 N–H and O–H groups in total. The van der Waals surface area contributed by atoms with Gasteiger partial charge in [0.05, 0.1) is 5.69 Å². The molecule has 0 unspecified atom stereocenters. The molecular weight excluding hydrogens is 226 g/mol. The van der Waals surface area contributed by atoms with Gasteiger partial charge < -0.3 is 15.7 Å². The Morgan fingerprint density at radius 2 is 2.06 bits per heavy atom. The van der Waals surface area contributed by atoms with Gasteiger partial charge in [0.15, 0.2) is 0 Å². The van der Waals surface area contributed by atoms with Gasteiger partial charge >= 0.3 is 0 Å². The van der Waals surface area contributed by atoms with Gasteiger partial charge in [0.25, 0.3) is 0 Å². The minimum absolute atomic E-state index is 0.167. The largest absolute Gasteiger partial charge is 0.506 e. The zero-order valence-electron chi connectivity index (χ0n) is 11.3. The van der Waals surface area contributed by atoms with E-state index in [4.69, 9.17) is 5.73 Å². The first-order valence-electron chi connectivity index (χ1n) is 6.52. The van der Waals surface area contributed by atoms with Crippen molar-refractivity contribution in [3.63, 3.8) is 0 Å². The Morgan fingerprint density at radius 1 is 1.39 bits per heavy atom. The molecule has 0 saturated carbocycles. The molecule has 0 bridgehead atoms. The number of hydrogen-bond donors (Lipinski definition) is 2. The van der Waals surface area contributed by atoms with Crippen molar-refractivity contribution in [2.75, 3.05) is 32.9 Å². The highest BCUT2D eigenvalue weighted by Crippen LogP contribution is 2.22. The Balaban J connectivity index is 1.94. The molecule has 1 fully saturated rings. The van der Waals surface area contributed by atoms with Gasteiger partial charge in [0.2, 0.25) is 0 Å². The van der Waals surface area contributed by atoms with E-state index in [1.165, 1.54) is 25.9 Å². The third-order valence-electron chi connectivity index (χ3n) is 3.84. The molecule has 1 aliphatic rings. The lowest BCUT2D eigenvalue weighted by Crippen LogP contribution is -2.41. The summed E-state index contributed by atoms with van der Waals surface area (Å²) in [4.78, 5) is 4.77. The van der Waals surface area contributed by atoms with Crippen molar-refractivity contribution in [1.29, 1.82) is 0 Å². The lowest BCUT2D eigenvalue weighted by Gasteiger charge is -2.35. The molecule has 0 amide bonds. The van der Waals surface area contributed by atoms with E-state index in [1.807, 2.05) is 12.1 Å². The van der Waals surface area contributed by atoms with Crippen LogP contribution in [0.2, 0.25) is 0 Å². The number of piperidine rings is 1. The molecule has 0 radical (unpaired) electrons. The molecule has 100 valence electrons. The smallest absolute Gasteiger partial charge is 0.138 e. The normalized spacial score (nSPS) is 18.4. The molecular formula is C14H23N3O. The molecule has 2 rings (SSSR count). The van der Waals surface area contributed by atoms with E-state index in [9.17, 15) is 5.11 Å². The number of nitrogens with two attached hydrogens (primary N) is 1. The highest BCUT2D eigenvalue weighted by Gasteiger charge is 2.20. The fraction of sp³-hybridized carbons (Fsp3) is 0.571. The molecule has 4 nitrogen and oxygen atoms in total. The third kappa shape index (κ3) is 3.15. The molecule has 0 aliphatic carbocycles. The summed E-state index contributed by atoms with van der Waals surface area (Å²) in [5.74, 6) is 0.167. The second-order valence-corrected chi connectivity index (χ2v) is 5.34. The monoisotopic (exact) mass is 249 g/mol. The van der Waals surface area contributed by atoms with Gasteiger partial charge in [-0.1, -0.05) is 6.07 Å². The van der Waals surface area contributed by atoms with E-state index >= 15 is 0 Å². The van der Waals surface area contributed by atoms with Crippen LogP contribution >= 0.6 is 0 Å². The summed E-state index contributed by atoms with van der Waals surface area (Å²) in [6.07, 6.45) is 2.45. The van der Waals surface area contributed by atoms with Crippen molar-refractivity contribution < 1.29 is 5.11 Å². The maximum absolute atomic E-state index is 9.41. The lowest BCUT2D eigenvalue weighted by atomic mass is 10.0. The number of benzene rings is 1. The Labute approximate surface area is 109 Å². The van der Waals surface area contributed by atoms with Gasteiger partial charge in [0, 0.05) is 12.6 Å². The number of aromatic hydroxyl groups is 1. The fourth-order valence-corrected chi connectivity index (χ4v) is 2.56. The zero-order chi connectivity index (χ0) is 13.1. The van der Waals surface area contributed by atoms with Gasteiger partial charge in [-0.05, 0) is 57.7 Å². The molecule has 0 aromatic heterocycles. The van der Waals surface area contributed by atoms with E-state index in [0.29, 0.717) is 11.7 Å². The number of rotatable bonds is 3. The number of phenolic OH excluding ortho intramolecular Hbond substituents is 1. The summed E-state index contributed by atoms with van der Waals surface area (Å²) >= 11 is 0. The zero-order valence-corrected chi connectivity index (χ0v) is 11.3. The van der Waals surface area contributed by atoms with Gasteiger partial charge in [-0.3, -0.25) is 4.90 Å². The van der Waals surface area contributed by atoms with Crippen molar-refractivity contribution in [1.82, 2.24) is 9.80 Å². The topological polar surface area (TPSA) is 52.7 Å². The van der Waals surface area contributed by atoms with E-state index in [0.717, 1.165) is 12.1 Å². The molecule has 1 aliphatic heterocycles. The summed E-state index contributed by atoms with van der Waals surface area (Å²) < 4.78 is 0. The van der Waals surface area contributed by atoms with Crippen molar-refractivity contribution in [3.05, 3.63) is 23.8 Å². The van der Waals surface area contributed by atoms with E-state index in [-0.39, 0.29) is 5.75 Å². The number of hydrogen-bond acceptors (Lipinski definition) is 4. The van der Waals surface area contributed by atoms with Crippen molar-refractivity contribution in [2.24, 2.45) is 0 Å². The summed E-state index contributed by atoms with van der Waals surface area (Å²) in [7, 11) is 4.34. The van der Waals surface area contributed by atoms with Crippen molar-refractivity contribution in [2.45, 2.75) is 25.4 Å². The van der Waals surface area contributed by atoms with Crippen LogP contribution in [0.5, 0.6) is 5.75 Å². The molecule has 18 heavy (non-hydrogen) atoms. The van der Waals surface area contributed by atoms with Crippen LogP contribution in [0.3, 0.4) is 0 Å². The van der Waals surface area contributed by atoms with Crippen LogP contribution in [-0.4, -0.2) is 48.1 Å². The molecule has 1 saturated heterocycles. The second kappa shape index (κ2) is 5.59.